The van der Waals surface area contributed by atoms with Crippen LogP contribution >= 0.6 is 0 Å². The topological polar surface area (TPSA) is 71.3 Å². The number of carbonyl (C=O) groups excluding carboxylic acids is 1. The molecule has 1 atom stereocenters. The van der Waals surface area contributed by atoms with Crippen molar-refractivity contribution in [2.45, 2.75) is 38.0 Å². The maximum Gasteiger partial charge on any atom is 0.317 e. The fourth-order valence-electron chi connectivity index (χ4n) is 2.79. The number of carbonyl (C=O) groups is 1. The third-order valence-corrected chi connectivity index (χ3v) is 4.09. The summed E-state index contributed by atoms with van der Waals surface area (Å²) in [5, 5.41) is 6.88. The van der Waals surface area contributed by atoms with Crippen LogP contribution in [-0.4, -0.2) is 40.7 Å². The molecule has 0 bridgehead atoms. The number of hydrogen-bond acceptors (Lipinski definition) is 4. The molecule has 1 aliphatic carbocycles. The first kappa shape index (κ1) is 14.1. The average molecular weight is 290 g/mol. The van der Waals surface area contributed by atoms with Gasteiger partial charge in [-0.05, 0) is 31.6 Å². The highest BCUT2D eigenvalue weighted by Crippen LogP contribution is 2.38. The summed E-state index contributed by atoms with van der Waals surface area (Å²) >= 11 is 0. The second-order valence-electron chi connectivity index (χ2n) is 5.95. The Morgan fingerprint density at radius 2 is 2.33 bits per heavy atom. The number of aromatic nitrogens is 2. The number of nitrogens with one attached hydrogen (secondary N) is 1. The lowest BCUT2D eigenvalue weighted by molar-refractivity contribution is 0.162. The predicted molar refractivity (Wildman–Crippen MR) is 77.9 cm³/mol. The molecule has 2 aliphatic rings. The van der Waals surface area contributed by atoms with Crippen LogP contribution in [0.15, 0.2) is 17.2 Å². The van der Waals surface area contributed by atoms with Crippen LogP contribution in [0.3, 0.4) is 0 Å². The van der Waals surface area contributed by atoms with Crippen molar-refractivity contribution in [1.82, 2.24) is 20.4 Å². The van der Waals surface area contributed by atoms with E-state index in [4.69, 9.17) is 4.52 Å². The minimum absolute atomic E-state index is 0.0104. The van der Waals surface area contributed by atoms with Crippen LogP contribution in [0.1, 0.15) is 43.3 Å². The van der Waals surface area contributed by atoms with E-state index < -0.39 is 0 Å². The molecule has 21 heavy (non-hydrogen) atoms. The van der Waals surface area contributed by atoms with Gasteiger partial charge in [0.15, 0.2) is 5.82 Å². The Hall–Kier alpha value is -1.85. The molecule has 6 nitrogen and oxygen atoms in total. The van der Waals surface area contributed by atoms with Crippen LogP contribution in [0.2, 0.25) is 0 Å². The van der Waals surface area contributed by atoms with E-state index in [9.17, 15) is 4.79 Å². The average Bonchev–Trinajstić information content (AvgIpc) is 3.25. The molecular weight excluding hydrogens is 268 g/mol. The van der Waals surface area contributed by atoms with Crippen LogP contribution in [0.4, 0.5) is 4.79 Å². The number of nitrogens with zero attached hydrogens (tertiary/aromatic N) is 3. The number of piperidine rings is 1. The van der Waals surface area contributed by atoms with Gasteiger partial charge in [0.2, 0.25) is 5.89 Å². The molecule has 1 saturated heterocycles. The Morgan fingerprint density at radius 3 is 3.10 bits per heavy atom. The van der Waals surface area contributed by atoms with Crippen molar-refractivity contribution < 1.29 is 9.32 Å². The smallest absolute Gasteiger partial charge is 0.317 e. The van der Waals surface area contributed by atoms with E-state index >= 15 is 0 Å². The summed E-state index contributed by atoms with van der Waals surface area (Å²) in [6, 6.07) is -0.0104. The number of amides is 2. The van der Waals surface area contributed by atoms with Gasteiger partial charge >= 0.3 is 6.03 Å². The molecule has 1 aliphatic heterocycles. The van der Waals surface area contributed by atoms with E-state index in [1.807, 2.05) is 4.90 Å². The van der Waals surface area contributed by atoms with Crippen molar-refractivity contribution in [2.75, 3.05) is 19.6 Å². The molecule has 2 amide bonds. The van der Waals surface area contributed by atoms with E-state index in [0.29, 0.717) is 18.4 Å². The molecule has 1 aromatic heterocycles. The zero-order chi connectivity index (χ0) is 14.7. The highest BCUT2D eigenvalue weighted by Gasteiger charge is 2.30. The third-order valence-electron chi connectivity index (χ3n) is 4.09. The van der Waals surface area contributed by atoms with Crippen molar-refractivity contribution in [1.29, 1.82) is 0 Å². The van der Waals surface area contributed by atoms with Gasteiger partial charge < -0.3 is 14.7 Å². The van der Waals surface area contributed by atoms with Crippen molar-refractivity contribution in [3.63, 3.8) is 0 Å². The molecule has 0 aromatic carbocycles. The SMILES string of the molecule is C=CCNC(=O)N1CCCC(Cc2nc(C3CC3)no2)C1. The largest absolute Gasteiger partial charge is 0.339 e. The standard InChI is InChI=1S/C15H22N4O2/c1-2-7-16-15(20)19-8-3-4-11(10-19)9-13-17-14(18-21-13)12-5-6-12/h2,11-12H,1,3-10H2,(H,16,20). The lowest BCUT2D eigenvalue weighted by atomic mass is 9.95. The first-order valence-corrected chi connectivity index (χ1v) is 7.72. The monoisotopic (exact) mass is 290 g/mol. The molecule has 3 rings (SSSR count). The van der Waals surface area contributed by atoms with Gasteiger partial charge in [-0.25, -0.2) is 4.79 Å². The summed E-state index contributed by atoms with van der Waals surface area (Å²) in [7, 11) is 0. The Bertz CT molecular complexity index is 510. The molecule has 2 heterocycles. The molecule has 6 heteroatoms. The van der Waals surface area contributed by atoms with Gasteiger partial charge in [-0.15, -0.1) is 6.58 Å². The fraction of sp³-hybridized carbons (Fsp3) is 0.667. The van der Waals surface area contributed by atoms with Crippen LogP contribution in [-0.2, 0) is 6.42 Å². The molecular formula is C15H22N4O2. The van der Waals surface area contributed by atoms with Gasteiger partial charge in [-0.2, -0.15) is 4.98 Å². The van der Waals surface area contributed by atoms with Gasteiger partial charge in [0.1, 0.15) is 0 Å². The van der Waals surface area contributed by atoms with Crippen molar-refractivity contribution >= 4 is 6.03 Å². The van der Waals surface area contributed by atoms with Crippen molar-refractivity contribution in [2.24, 2.45) is 5.92 Å². The van der Waals surface area contributed by atoms with Crippen LogP contribution in [0.25, 0.3) is 0 Å². The first-order valence-electron chi connectivity index (χ1n) is 7.72. The summed E-state index contributed by atoms with van der Waals surface area (Å²) in [6.45, 7) is 5.69. The van der Waals surface area contributed by atoms with E-state index in [0.717, 1.165) is 44.1 Å². The van der Waals surface area contributed by atoms with Crippen LogP contribution in [0.5, 0.6) is 0 Å². The molecule has 0 radical (unpaired) electrons. The minimum atomic E-state index is -0.0104. The van der Waals surface area contributed by atoms with Gasteiger partial charge in [0.25, 0.3) is 0 Å². The highest BCUT2D eigenvalue weighted by atomic mass is 16.5. The van der Waals surface area contributed by atoms with Gasteiger partial charge in [-0.3, -0.25) is 0 Å². The number of rotatable bonds is 5. The Balaban J connectivity index is 1.52. The highest BCUT2D eigenvalue weighted by molar-refractivity contribution is 5.74. The molecule has 2 fully saturated rings. The van der Waals surface area contributed by atoms with Gasteiger partial charge in [0, 0.05) is 32.0 Å². The second-order valence-corrected chi connectivity index (χ2v) is 5.95. The zero-order valence-corrected chi connectivity index (χ0v) is 12.3. The Kier molecular flexibility index (Phi) is 4.22. The van der Waals surface area contributed by atoms with E-state index in [1.165, 1.54) is 12.8 Å². The summed E-state index contributed by atoms with van der Waals surface area (Å²) in [4.78, 5) is 18.3. The Morgan fingerprint density at radius 1 is 1.48 bits per heavy atom. The Labute approximate surface area is 124 Å². The lowest BCUT2D eigenvalue weighted by Gasteiger charge is -2.32. The second kappa shape index (κ2) is 6.28. The summed E-state index contributed by atoms with van der Waals surface area (Å²) in [5.41, 5.74) is 0. The molecule has 1 unspecified atom stereocenters. The van der Waals surface area contributed by atoms with Crippen LogP contribution < -0.4 is 5.32 Å². The zero-order valence-electron chi connectivity index (χ0n) is 12.3. The van der Waals surface area contributed by atoms with Crippen molar-refractivity contribution in [3.05, 3.63) is 24.4 Å². The minimum Gasteiger partial charge on any atom is -0.339 e. The molecule has 0 spiro atoms. The predicted octanol–water partition coefficient (Wildman–Crippen LogP) is 2.10. The number of hydrogen-bond donors (Lipinski definition) is 1. The molecule has 114 valence electrons. The van der Waals surface area contributed by atoms with Crippen molar-refractivity contribution in [3.8, 4) is 0 Å². The van der Waals surface area contributed by atoms with E-state index in [-0.39, 0.29) is 6.03 Å². The summed E-state index contributed by atoms with van der Waals surface area (Å²) in [5.74, 6) is 2.51. The van der Waals surface area contributed by atoms with Gasteiger partial charge in [-0.1, -0.05) is 11.2 Å². The number of urea groups is 1. The van der Waals surface area contributed by atoms with E-state index in [2.05, 4.69) is 22.0 Å². The first-order chi connectivity index (χ1) is 10.3. The third kappa shape index (κ3) is 3.62. The molecule has 1 saturated carbocycles. The molecule has 1 N–H and O–H groups in total. The maximum absolute atomic E-state index is 12.0. The van der Waals surface area contributed by atoms with Crippen LogP contribution in [0, 0.1) is 5.92 Å². The lowest BCUT2D eigenvalue weighted by Crippen LogP contribution is -2.45. The van der Waals surface area contributed by atoms with Gasteiger partial charge in [0.05, 0.1) is 0 Å². The molecule has 1 aromatic rings. The normalized spacial score (nSPS) is 22.1. The summed E-state index contributed by atoms with van der Waals surface area (Å²) < 4.78 is 5.34. The van der Waals surface area contributed by atoms with E-state index in [1.54, 1.807) is 6.08 Å². The fourth-order valence-corrected chi connectivity index (χ4v) is 2.79. The quantitative estimate of drug-likeness (QED) is 0.843. The number of likely N-dealkylation sites (tertiary alicyclic amines) is 1. The maximum atomic E-state index is 12.0. The summed E-state index contributed by atoms with van der Waals surface area (Å²) in [6.07, 6.45) is 6.95.